The van der Waals surface area contributed by atoms with Crippen LogP contribution >= 0.6 is 0 Å². The van der Waals surface area contributed by atoms with Crippen molar-refractivity contribution in [3.63, 3.8) is 0 Å². The molecule has 2 rings (SSSR count). The number of ether oxygens (including phenoxy) is 1. The molecule has 1 amide bonds. The summed E-state index contributed by atoms with van der Waals surface area (Å²) in [6, 6.07) is 10.1. The molecule has 1 aliphatic rings. The van der Waals surface area contributed by atoms with E-state index in [2.05, 4.69) is 17.4 Å². The van der Waals surface area contributed by atoms with Gasteiger partial charge in [-0.1, -0.05) is 30.3 Å². The number of benzene rings is 1. The molecule has 0 saturated carbocycles. The molecule has 1 saturated heterocycles. The molecule has 0 spiro atoms. The van der Waals surface area contributed by atoms with Crippen LogP contribution in [0.4, 0.5) is 0 Å². The highest BCUT2D eigenvalue weighted by Crippen LogP contribution is 2.12. The summed E-state index contributed by atoms with van der Waals surface area (Å²) in [5.74, 6) is 0.144. The molecular formula is C13H17NO2. The van der Waals surface area contributed by atoms with E-state index in [0.29, 0.717) is 13.0 Å². The monoisotopic (exact) mass is 219 g/mol. The Morgan fingerprint density at radius 1 is 1.25 bits per heavy atom. The van der Waals surface area contributed by atoms with Gasteiger partial charge in [-0.05, 0) is 18.4 Å². The number of carbonyl (C=O) groups is 1. The molecule has 1 aromatic carbocycles. The standard InChI is InChI=1S/C13H17NO2/c15-13-7-6-12(8-9-14-13)16-10-11-4-2-1-3-5-11/h1-5,12H,6-10H2,(H,14,15). The Labute approximate surface area is 95.8 Å². The van der Waals surface area contributed by atoms with Gasteiger partial charge >= 0.3 is 0 Å². The average Bonchev–Trinajstić information content (AvgIpc) is 2.53. The number of hydrogen-bond acceptors (Lipinski definition) is 2. The fourth-order valence-corrected chi connectivity index (χ4v) is 1.85. The molecule has 1 heterocycles. The molecule has 1 aromatic rings. The third-order valence-electron chi connectivity index (χ3n) is 2.81. The van der Waals surface area contributed by atoms with Crippen molar-refractivity contribution in [1.82, 2.24) is 5.32 Å². The molecule has 0 aliphatic carbocycles. The summed E-state index contributed by atoms with van der Waals surface area (Å²) in [7, 11) is 0. The Kier molecular flexibility index (Phi) is 3.94. The van der Waals surface area contributed by atoms with Crippen LogP contribution in [-0.2, 0) is 16.1 Å². The van der Waals surface area contributed by atoms with E-state index in [1.165, 1.54) is 5.56 Å². The molecule has 16 heavy (non-hydrogen) atoms. The zero-order valence-electron chi connectivity index (χ0n) is 9.32. The van der Waals surface area contributed by atoms with Crippen LogP contribution in [0.1, 0.15) is 24.8 Å². The molecule has 86 valence electrons. The maximum Gasteiger partial charge on any atom is 0.220 e. The molecule has 1 N–H and O–H groups in total. The zero-order valence-corrected chi connectivity index (χ0v) is 9.32. The van der Waals surface area contributed by atoms with Crippen LogP contribution in [0.25, 0.3) is 0 Å². The van der Waals surface area contributed by atoms with Crippen molar-refractivity contribution in [2.45, 2.75) is 32.0 Å². The molecule has 0 aromatic heterocycles. The summed E-state index contributed by atoms with van der Waals surface area (Å²) in [6.07, 6.45) is 2.54. The van der Waals surface area contributed by atoms with Crippen LogP contribution in [0.2, 0.25) is 0 Å². The Morgan fingerprint density at radius 2 is 2.06 bits per heavy atom. The molecule has 3 heteroatoms. The van der Waals surface area contributed by atoms with Gasteiger partial charge in [0, 0.05) is 13.0 Å². The minimum absolute atomic E-state index is 0.144. The van der Waals surface area contributed by atoms with E-state index in [9.17, 15) is 4.79 Å². The lowest BCUT2D eigenvalue weighted by atomic mass is 10.1. The first-order valence-electron chi connectivity index (χ1n) is 5.77. The van der Waals surface area contributed by atoms with Crippen molar-refractivity contribution < 1.29 is 9.53 Å². The van der Waals surface area contributed by atoms with Gasteiger partial charge in [0.2, 0.25) is 5.91 Å². The van der Waals surface area contributed by atoms with Gasteiger partial charge in [0.25, 0.3) is 0 Å². The van der Waals surface area contributed by atoms with Crippen LogP contribution in [-0.4, -0.2) is 18.6 Å². The molecule has 0 bridgehead atoms. The van der Waals surface area contributed by atoms with Gasteiger partial charge in [-0.25, -0.2) is 0 Å². The van der Waals surface area contributed by atoms with Crippen molar-refractivity contribution in [2.75, 3.05) is 6.54 Å². The zero-order chi connectivity index (χ0) is 11.2. The number of nitrogens with one attached hydrogen (secondary N) is 1. The fourth-order valence-electron chi connectivity index (χ4n) is 1.85. The highest BCUT2D eigenvalue weighted by atomic mass is 16.5. The lowest BCUT2D eigenvalue weighted by Gasteiger charge is -2.14. The van der Waals surface area contributed by atoms with Crippen molar-refractivity contribution in [3.05, 3.63) is 35.9 Å². The Morgan fingerprint density at radius 3 is 2.88 bits per heavy atom. The molecule has 1 atom stereocenters. The summed E-state index contributed by atoms with van der Waals surface area (Å²) in [4.78, 5) is 11.1. The van der Waals surface area contributed by atoms with Gasteiger partial charge in [0.15, 0.2) is 0 Å². The first kappa shape index (κ1) is 11.1. The molecule has 1 fully saturated rings. The van der Waals surface area contributed by atoms with Gasteiger partial charge in [0.1, 0.15) is 0 Å². The van der Waals surface area contributed by atoms with E-state index < -0.39 is 0 Å². The van der Waals surface area contributed by atoms with Gasteiger partial charge < -0.3 is 10.1 Å². The molecule has 1 unspecified atom stereocenters. The molecule has 3 nitrogen and oxygen atoms in total. The largest absolute Gasteiger partial charge is 0.373 e. The quantitative estimate of drug-likeness (QED) is 0.842. The van der Waals surface area contributed by atoms with E-state index in [4.69, 9.17) is 4.74 Å². The van der Waals surface area contributed by atoms with E-state index in [1.807, 2.05) is 18.2 Å². The number of carbonyl (C=O) groups excluding carboxylic acids is 1. The van der Waals surface area contributed by atoms with Crippen LogP contribution < -0.4 is 5.32 Å². The predicted molar refractivity (Wildman–Crippen MR) is 61.9 cm³/mol. The second-order valence-corrected chi connectivity index (χ2v) is 4.10. The SMILES string of the molecule is O=C1CCC(OCc2ccccc2)CCN1. The van der Waals surface area contributed by atoms with Crippen LogP contribution in [0.5, 0.6) is 0 Å². The molecule has 1 aliphatic heterocycles. The van der Waals surface area contributed by atoms with Crippen molar-refractivity contribution in [1.29, 1.82) is 0 Å². The molecular weight excluding hydrogens is 202 g/mol. The van der Waals surface area contributed by atoms with Crippen LogP contribution in [0.3, 0.4) is 0 Å². The Bertz CT molecular complexity index is 337. The van der Waals surface area contributed by atoms with Crippen LogP contribution in [0, 0.1) is 0 Å². The first-order chi connectivity index (χ1) is 7.84. The maximum absolute atomic E-state index is 11.1. The number of amides is 1. The Hall–Kier alpha value is -1.35. The van der Waals surface area contributed by atoms with Gasteiger partial charge in [0.05, 0.1) is 12.7 Å². The lowest BCUT2D eigenvalue weighted by molar-refractivity contribution is -0.121. The topological polar surface area (TPSA) is 38.3 Å². The first-order valence-corrected chi connectivity index (χ1v) is 5.77. The fraction of sp³-hybridized carbons (Fsp3) is 0.462. The average molecular weight is 219 g/mol. The highest BCUT2D eigenvalue weighted by Gasteiger charge is 2.16. The van der Waals surface area contributed by atoms with Crippen LogP contribution in [0.15, 0.2) is 30.3 Å². The van der Waals surface area contributed by atoms with E-state index in [0.717, 1.165) is 19.4 Å². The number of hydrogen-bond donors (Lipinski definition) is 1. The minimum Gasteiger partial charge on any atom is -0.373 e. The van der Waals surface area contributed by atoms with Gasteiger partial charge in [-0.3, -0.25) is 4.79 Å². The van der Waals surface area contributed by atoms with E-state index >= 15 is 0 Å². The third-order valence-corrected chi connectivity index (χ3v) is 2.81. The summed E-state index contributed by atoms with van der Waals surface area (Å²) in [5, 5.41) is 2.85. The predicted octanol–water partition coefficient (Wildman–Crippen LogP) is 1.87. The Balaban J connectivity index is 1.79. The second-order valence-electron chi connectivity index (χ2n) is 4.10. The maximum atomic E-state index is 11.1. The summed E-state index contributed by atoms with van der Waals surface area (Å²) in [6.45, 7) is 1.37. The summed E-state index contributed by atoms with van der Waals surface area (Å²) >= 11 is 0. The highest BCUT2D eigenvalue weighted by molar-refractivity contribution is 5.76. The smallest absolute Gasteiger partial charge is 0.220 e. The van der Waals surface area contributed by atoms with E-state index in [-0.39, 0.29) is 12.0 Å². The third kappa shape index (κ3) is 3.35. The van der Waals surface area contributed by atoms with Crippen molar-refractivity contribution >= 4 is 5.91 Å². The second kappa shape index (κ2) is 5.66. The van der Waals surface area contributed by atoms with E-state index in [1.54, 1.807) is 0 Å². The van der Waals surface area contributed by atoms with Gasteiger partial charge in [-0.15, -0.1) is 0 Å². The van der Waals surface area contributed by atoms with Crippen molar-refractivity contribution in [3.8, 4) is 0 Å². The normalized spacial score (nSPS) is 21.2. The van der Waals surface area contributed by atoms with Crippen molar-refractivity contribution in [2.24, 2.45) is 0 Å². The number of rotatable bonds is 3. The lowest BCUT2D eigenvalue weighted by Crippen LogP contribution is -2.21. The summed E-state index contributed by atoms with van der Waals surface area (Å²) in [5.41, 5.74) is 1.19. The summed E-state index contributed by atoms with van der Waals surface area (Å²) < 4.78 is 5.81. The van der Waals surface area contributed by atoms with Gasteiger partial charge in [-0.2, -0.15) is 0 Å². The molecule has 0 radical (unpaired) electrons. The minimum atomic E-state index is 0.144.